The van der Waals surface area contributed by atoms with Gasteiger partial charge >= 0.3 is 0 Å². The van der Waals surface area contributed by atoms with Crippen molar-refractivity contribution in [3.8, 4) is 0 Å². The van der Waals surface area contributed by atoms with Crippen LogP contribution in [0.15, 0.2) is 213 Å². The summed E-state index contributed by atoms with van der Waals surface area (Å²) in [6.07, 6.45) is 26.5. The Balaban J connectivity index is 0.00000311. The molecule has 0 aliphatic rings. The zero-order chi connectivity index (χ0) is 46.2. The molecule has 4 aromatic carbocycles. The average molecular weight is 854 g/mol. The molecule has 0 amide bonds. The minimum Gasteiger partial charge on any atom is -0.457 e. The van der Waals surface area contributed by atoms with Crippen LogP contribution in [0.25, 0.3) is 85.2 Å². The summed E-state index contributed by atoms with van der Waals surface area (Å²) < 4.78 is 25.2. The minimum absolute atomic E-state index is 0.526. The smallest absolute Gasteiger partial charge is 0.136 e. The highest BCUT2D eigenvalue weighted by molar-refractivity contribution is 6.20. The number of benzene rings is 4. The molecule has 8 rings (SSSR count). The van der Waals surface area contributed by atoms with Gasteiger partial charge in [0.15, 0.2) is 0 Å². The summed E-state index contributed by atoms with van der Waals surface area (Å²) >= 11 is 0. The number of furan rings is 4. The second-order valence-electron chi connectivity index (χ2n) is 15.3. The summed E-state index contributed by atoms with van der Waals surface area (Å²) in [4.78, 5) is 2.17. The summed E-state index contributed by atoms with van der Waals surface area (Å²) in [6, 6.07) is 26.5. The molecule has 4 heterocycles. The molecule has 0 saturated heterocycles. The van der Waals surface area contributed by atoms with Gasteiger partial charge in [-0.15, -0.1) is 13.2 Å². The minimum atomic E-state index is 0.526. The van der Waals surface area contributed by atoms with Crippen LogP contribution in [0.5, 0.6) is 0 Å². The molecular weight excluding hydrogens is 799 g/mol. The maximum Gasteiger partial charge on any atom is 0.136 e. The first-order chi connectivity index (χ1) is 31.7. The molecule has 0 aliphatic heterocycles. The zero-order valence-electron chi connectivity index (χ0n) is 38.0. The van der Waals surface area contributed by atoms with E-state index in [1.807, 2.05) is 132 Å². The van der Waals surface area contributed by atoms with Gasteiger partial charge < -0.3 is 22.6 Å². The van der Waals surface area contributed by atoms with Crippen molar-refractivity contribution in [3.05, 3.63) is 233 Å². The Bertz CT molecular complexity index is 3580. The standard InChI is InChI=1S/C58H51NO4.C2H4/c1-10-22-42(23-11-2)59(34-21-15-16-27-49-43(24-12-3)57-53(62-49)32-33-54-58(57)45-26-18-20-29-51(45)63-54)38(8)46(37(6)7)35-40(13-4)41-30-31-52-47(36-41)55(39(9)60-52)56-44-25-17-19-28-50(44)61-48(56)14-5;1-2/h10-33,35-36H,1,6,8-9,34H2,2-5,7H3;1-2H2/b21-15-,23-11-,24-12+,27-16-,40-13+,42-22+,46-35-,48-14+,56-55+;. The van der Waals surface area contributed by atoms with Crippen molar-refractivity contribution in [2.75, 3.05) is 6.54 Å². The Kier molecular flexibility index (Phi) is 13.9. The predicted octanol–water partition coefficient (Wildman–Crippen LogP) is 15.8. The topological polar surface area (TPSA) is 55.8 Å². The van der Waals surface area contributed by atoms with E-state index in [1.54, 1.807) is 6.08 Å². The van der Waals surface area contributed by atoms with Gasteiger partial charge in [-0.3, -0.25) is 0 Å². The van der Waals surface area contributed by atoms with Crippen LogP contribution in [0.4, 0.5) is 0 Å². The third-order valence-corrected chi connectivity index (χ3v) is 11.3. The lowest BCUT2D eigenvalue weighted by molar-refractivity contribution is 0.499. The fourth-order valence-corrected chi connectivity index (χ4v) is 8.40. The van der Waals surface area contributed by atoms with Crippen molar-refractivity contribution in [3.63, 3.8) is 0 Å². The number of allylic oxidation sites excluding steroid dienone is 11. The number of hydrogen-bond acceptors (Lipinski definition) is 5. The van der Waals surface area contributed by atoms with Crippen LogP contribution in [-0.2, 0) is 0 Å². The van der Waals surface area contributed by atoms with Gasteiger partial charge in [0, 0.05) is 66.4 Å². The van der Waals surface area contributed by atoms with Crippen LogP contribution >= 0.6 is 0 Å². The first kappa shape index (κ1) is 45.0. The second kappa shape index (κ2) is 20.0. The summed E-state index contributed by atoms with van der Waals surface area (Å²) in [7, 11) is 0. The van der Waals surface area contributed by atoms with Crippen molar-refractivity contribution in [1.29, 1.82) is 0 Å². The highest BCUT2D eigenvalue weighted by Gasteiger charge is 2.19. The van der Waals surface area contributed by atoms with Crippen LogP contribution in [0.2, 0.25) is 0 Å². The molecule has 0 aliphatic carbocycles. The van der Waals surface area contributed by atoms with Crippen molar-refractivity contribution >= 4 is 85.2 Å². The summed E-state index contributed by atoms with van der Waals surface area (Å²) in [5.74, 6) is 0.772. The van der Waals surface area contributed by atoms with Crippen molar-refractivity contribution in [2.24, 2.45) is 0 Å². The molecule has 5 heteroatoms. The maximum absolute atomic E-state index is 6.46. The predicted molar refractivity (Wildman–Crippen MR) is 278 cm³/mol. The number of para-hydroxylation sites is 2. The van der Waals surface area contributed by atoms with Gasteiger partial charge in [0.25, 0.3) is 0 Å². The Morgan fingerprint density at radius 1 is 0.692 bits per heavy atom. The summed E-state index contributed by atoms with van der Waals surface area (Å²) in [5, 5.41) is 7.05. The largest absolute Gasteiger partial charge is 0.457 e. The van der Waals surface area contributed by atoms with Gasteiger partial charge in [-0.1, -0.05) is 117 Å². The molecule has 4 aromatic heterocycles. The van der Waals surface area contributed by atoms with E-state index in [0.717, 1.165) is 116 Å². The number of rotatable bonds is 13. The van der Waals surface area contributed by atoms with Crippen LogP contribution < -0.4 is 10.8 Å². The molecule has 0 unspecified atom stereocenters. The quantitative estimate of drug-likeness (QED) is 0.0854. The molecule has 0 fully saturated rings. The Morgan fingerprint density at radius 2 is 1.37 bits per heavy atom. The number of nitrogens with zero attached hydrogens (tertiary/aromatic N) is 1. The maximum atomic E-state index is 6.46. The molecule has 0 saturated carbocycles. The van der Waals surface area contributed by atoms with Crippen molar-refractivity contribution in [1.82, 2.24) is 4.90 Å². The molecule has 0 spiro atoms. The normalized spacial score (nSPS) is 13.8. The van der Waals surface area contributed by atoms with Gasteiger partial charge in [-0.2, -0.15) is 0 Å². The van der Waals surface area contributed by atoms with Crippen LogP contribution in [-0.4, -0.2) is 11.4 Å². The van der Waals surface area contributed by atoms with E-state index in [4.69, 9.17) is 17.7 Å². The Hall–Kier alpha value is -8.02. The summed E-state index contributed by atoms with van der Waals surface area (Å²) in [5.41, 5.74) is 12.0. The van der Waals surface area contributed by atoms with Crippen LogP contribution in [0.1, 0.15) is 51.5 Å². The lowest BCUT2D eigenvalue weighted by atomic mass is 9.96. The van der Waals surface area contributed by atoms with E-state index >= 15 is 0 Å². The molecule has 324 valence electrons. The Labute approximate surface area is 380 Å². The fraction of sp³-hybridized carbons (Fsp3) is 0.100. The van der Waals surface area contributed by atoms with E-state index in [2.05, 4.69) is 99.0 Å². The fourth-order valence-electron chi connectivity index (χ4n) is 8.40. The van der Waals surface area contributed by atoms with E-state index in [9.17, 15) is 0 Å². The Morgan fingerprint density at radius 3 is 2.05 bits per heavy atom. The molecule has 0 N–H and O–H groups in total. The van der Waals surface area contributed by atoms with Crippen molar-refractivity contribution in [2.45, 2.75) is 34.6 Å². The summed E-state index contributed by atoms with van der Waals surface area (Å²) in [6.45, 7) is 34.1. The highest BCUT2D eigenvalue weighted by atomic mass is 16.3. The molecule has 0 radical (unpaired) electrons. The number of hydrogen-bond donors (Lipinski definition) is 0. The van der Waals surface area contributed by atoms with E-state index in [1.165, 1.54) is 0 Å². The SMILES string of the molecule is C=C.C=C/C=C(\C=C/C)N(C/C=C\C=C/c1oc2ccc3oc4ccccc4c3c2c1/C=C/C)C(=C)/C(=C\C(=C/C)c1ccc2oc(=C)/c(=c3\c(=C/C)oc4ccccc34)c2c1)C(=C)C. The monoisotopic (exact) mass is 853 g/mol. The molecular formula is C60H55NO4. The third-order valence-electron chi connectivity index (χ3n) is 11.3. The number of fused-ring (bicyclic) bond motifs is 7. The molecule has 8 aromatic rings. The molecule has 0 bridgehead atoms. The first-order valence-corrected chi connectivity index (χ1v) is 21.7. The lowest BCUT2D eigenvalue weighted by Crippen LogP contribution is -2.23. The van der Waals surface area contributed by atoms with E-state index in [0.29, 0.717) is 12.0 Å². The van der Waals surface area contributed by atoms with E-state index in [-0.39, 0.29) is 0 Å². The van der Waals surface area contributed by atoms with Crippen LogP contribution in [0, 0.1) is 10.4 Å². The first-order valence-electron chi connectivity index (χ1n) is 21.7. The van der Waals surface area contributed by atoms with Gasteiger partial charge in [0.05, 0.1) is 0 Å². The van der Waals surface area contributed by atoms with E-state index < -0.39 is 0 Å². The average Bonchev–Trinajstić information content (AvgIpc) is 4.07. The molecule has 0 atom stereocenters. The lowest BCUT2D eigenvalue weighted by Gasteiger charge is -2.29. The van der Waals surface area contributed by atoms with Gasteiger partial charge in [-0.25, -0.2) is 0 Å². The van der Waals surface area contributed by atoms with Gasteiger partial charge in [-0.05, 0) is 118 Å². The van der Waals surface area contributed by atoms with Crippen LogP contribution in [0.3, 0.4) is 0 Å². The zero-order valence-corrected chi connectivity index (χ0v) is 38.0. The third kappa shape index (κ3) is 8.69. The second-order valence-corrected chi connectivity index (χ2v) is 15.3. The van der Waals surface area contributed by atoms with Crippen molar-refractivity contribution < 1.29 is 17.7 Å². The molecule has 5 nitrogen and oxygen atoms in total. The molecule has 65 heavy (non-hydrogen) atoms. The van der Waals surface area contributed by atoms with Gasteiger partial charge in [0.1, 0.15) is 44.5 Å². The highest BCUT2D eigenvalue weighted by Crippen LogP contribution is 2.40. The van der Waals surface area contributed by atoms with Gasteiger partial charge in [0.2, 0.25) is 0 Å².